The van der Waals surface area contributed by atoms with Crippen molar-refractivity contribution in [3.8, 4) is 45.5 Å². The first kappa shape index (κ1) is 40.3. The third-order valence-corrected chi connectivity index (χ3v) is 18.5. The maximum absolute atomic E-state index is 5.54. The first-order chi connectivity index (χ1) is 34.2. The van der Waals surface area contributed by atoms with E-state index < -0.39 is 8.07 Å². The molecule has 0 amide bonds. The molecule has 0 atom stereocenters. The first-order valence-electron chi connectivity index (χ1n) is 23.4. The molecule has 0 saturated heterocycles. The number of benzene rings is 10. The second-order valence-electron chi connectivity index (χ2n) is 17.6. The zero-order valence-corrected chi connectivity index (χ0v) is 38.6. The first-order valence-corrected chi connectivity index (χ1v) is 25.4. The molecule has 0 aliphatic heterocycles. The van der Waals surface area contributed by atoms with Gasteiger partial charge >= 0.3 is 0 Å². The van der Waals surface area contributed by atoms with Crippen molar-refractivity contribution in [2.24, 2.45) is 0 Å². The van der Waals surface area contributed by atoms with Crippen LogP contribution in [0.5, 0.6) is 0 Å². The fourth-order valence-electron chi connectivity index (χ4n) is 10.6. The number of para-hydroxylation sites is 2. The van der Waals surface area contributed by atoms with Crippen molar-refractivity contribution in [1.29, 1.82) is 0 Å². The Bertz CT molecular complexity index is 3730. The molecule has 69 heavy (non-hydrogen) atoms. The Morgan fingerprint density at radius 3 is 1.06 bits per heavy atom. The van der Waals surface area contributed by atoms with Gasteiger partial charge in [-0.2, -0.15) is 15.0 Å². The highest BCUT2D eigenvalue weighted by Gasteiger charge is 2.41. The summed E-state index contributed by atoms with van der Waals surface area (Å²) in [5, 5.41) is 9.67. The van der Waals surface area contributed by atoms with Gasteiger partial charge in [0.05, 0.1) is 22.1 Å². The summed E-state index contributed by atoms with van der Waals surface area (Å²) in [5.41, 5.74) is 9.65. The van der Waals surface area contributed by atoms with Crippen LogP contribution >= 0.6 is 0 Å². The molecule has 0 bridgehead atoms. The number of rotatable bonds is 9. The Morgan fingerprint density at radius 1 is 0.246 bits per heavy atom. The third-order valence-electron chi connectivity index (χ3n) is 13.7. The van der Waals surface area contributed by atoms with E-state index >= 15 is 0 Å². The summed E-state index contributed by atoms with van der Waals surface area (Å²) in [4.78, 5) is 16.6. The van der Waals surface area contributed by atoms with Crippen molar-refractivity contribution < 1.29 is 0 Å². The summed E-state index contributed by atoms with van der Waals surface area (Å²) in [7, 11) is -2.89. The van der Waals surface area contributed by atoms with E-state index in [1.807, 2.05) is 0 Å². The molecule has 6 heteroatoms. The van der Waals surface area contributed by atoms with E-state index in [1.54, 1.807) is 0 Å². The summed E-state index contributed by atoms with van der Waals surface area (Å²) < 4.78 is 4.44. The van der Waals surface area contributed by atoms with Crippen LogP contribution in [0.15, 0.2) is 261 Å². The highest BCUT2D eigenvalue weighted by molar-refractivity contribution is 7.19. The number of hydrogen-bond acceptors (Lipinski definition) is 3. The maximum Gasteiger partial charge on any atom is 0.240 e. The molecule has 0 radical (unpaired) electrons. The number of fused-ring (bicyclic) bond motifs is 6. The molecule has 0 fully saturated rings. The van der Waals surface area contributed by atoms with Gasteiger partial charge in [-0.3, -0.25) is 9.13 Å². The second kappa shape index (κ2) is 16.7. The molecule has 0 spiro atoms. The summed E-state index contributed by atoms with van der Waals surface area (Å²) in [5.74, 6) is 1.68. The summed E-state index contributed by atoms with van der Waals surface area (Å²) in [6.45, 7) is 0. The second-order valence-corrected chi connectivity index (χ2v) is 21.4. The average molecular weight is 898 g/mol. The summed E-state index contributed by atoms with van der Waals surface area (Å²) in [6, 6.07) is 93.9. The van der Waals surface area contributed by atoms with Gasteiger partial charge in [0.15, 0.2) is 13.9 Å². The predicted octanol–water partition coefficient (Wildman–Crippen LogP) is 12.4. The third kappa shape index (κ3) is 6.72. The highest BCUT2D eigenvalue weighted by atomic mass is 28.3. The van der Waals surface area contributed by atoms with Crippen molar-refractivity contribution in [2.45, 2.75) is 0 Å². The molecule has 324 valence electrons. The van der Waals surface area contributed by atoms with E-state index in [0.717, 1.165) is 60.3 Å². The Kier molecular flexibility index (Phi) is 9.77. The normalized spacial score (nSPS) is 11.8. The quantitative estimate of drug-likeness (QED) is 0.107. The van der Waals surface area contributed by atoms with Crippen LogP contribution in [-0.2, 0) is 0 Å². The van der Waals surface area contributed by atoms with Crippen LogP contribution in [0.1, 0.15) is 0 Å². The fraction of sp³-hybridized carbons (Fsp3) is 0. The minimum atomic E-state index is -2.89. The van der Waals surface area contributed by atoms with Gasteiger partial charge in [0.25, 0.3) is 0 Å². The molecule has 3 heterocycles. The topological polar surface area (TPSA) is 48.5 Å². The molecule has 13 rings (SSSR count). The Balaban J connectivity index is 1.09. The van der Waals surface area contributed by atoms with E-state index in [4.69, 9.17) is 15.0 Å². The van der Waals surface area contributed by atoms with Gasteiger partial charge in [0.1, 0.15) is 0 Å². The molecule has 10 aromatic carbocycles. The zero-order chi connectivity index (χ0) is 45.7. The van der Waals surface area contributed by atoms with Gasteiger partial charge in [0.2, 0.25) is 11.9 Å². The van der Waals surface area contributed by atoms with E-state index in [9.17, 15) is 0 Å². The van der Waals surface area contributed by atoms with Crippen LogP contribution in [0.3, 0.4) is 0 Å². The van der Waals surface area contributed by atoms with Crippen LogP contribution in [0.25, 0.3) is 89.2 Å². The van der Waals surface area contributed by atoms with Crippen molar-refractivity contribution in [2.75, 3.05) is 0 Å². The summed E-state index contributed by atoms with van der Waals surface area (Å²) in [6.07, 6.45) is 0. The largest absolute Gasteiger partial charge is 0.278 e. The molecule has 3 aromatic heterocycles. The molecule has 0 N–H and O–H groups in total. The van der Waals surface area contributed by atoms with Crippen LogP contribution in [-0.4, -0.2) is 32.2 Å². The van der Waals surface area contributed by atoms with Crippen LogP contribution in [0.4, 0.5) is 0 Å². The monoisotopic (exact) mass is 897 g/mol. The van der Waals surface area contributed by atoms with E-state index in [-0.39, 0.29) is 0 Å². The lowest BCUT2D eigenvalue weighted by atomic mass is 10.0. The van der Waals surface area contributed by atoms with Crippen LogP contribution in [0.2, 0.25) is 0 Å². The Hall–Kier alpha value is -8.97. The number of nitrogens with zero attached hydrogens (tertiary/aromatic N) is 5. The SMILES string of the molecule is c1ccc(-c2ccc3c(c2)c2ccccc2n3-c2nc(-c3cccc([Si](c4ccccc4)(c4ccccc4)c4ccccc4)c3)nc(-n3c4ccccc4c4cc(-c5ccccc5)ccc43)n2)cc1. The van der Waals surface area contributed by atoms with Gasteiger partial charge in [-0.15, -0.1) is 0 Å². The minimum Gasteiger partial charge on any atom is -0.278 e. The molecule has 0 aliphatic carbocycles. The minimum absolute atomic E-state index is 0.545. The van der Waals surface area contributed by atoms with E-state index in [0.29, 0.717) is 17.7 Å². The maximum atomic E-state index is 5.54. The fourth-order valence-corrected chi connectivity index (χ4v) is 15.4. The van der Waals surface area contributed by atoms with Gasteiger partial charge in [-0.1, -0.05) is 224 Å². The van der Waals surface area contributed by atoms with E-state index in [2.05, 4.69) is 270 Å². The Morgan fingerprint density at radius 2 is 0.609 bits per heavy atom. The molecule has 5 nitrogen and oxygen atoms in total. The van der Waals surface area contributed by atoms with Gasteiger partial charge < -0.3 is 0 Å². The molecule has 0 unspecified atom stereocenters. The predicted molar refractivity (Wildman–Crippen MR) is 288 cm³/mol. The van der Waals surface area contributed by atoms with Crippen molar-refractivity contribution >= 4 is 72.4 Å². The number of aromatic nitrogens is 5. The molecular formula is C63H43N5Si. The molecule has 0 saturated carbocycles. The van der Waals surface area contributed by atoms with Gasteiger partial charge in [-0.05, 0) is 79.4 Å². The highest BCUT2D eigenvalue weighted by Crippen LogP contribution is 2.37. The van der Waals surface area contributed by atoms with Crippen LogP contribution in [0, 0.1) is 0 Å². The zero-order valence-electron chi connectivity index (χ0n) is 37.6. The molecule has 13 aromatic rings. The van der Waals surface area contributed by atoms with E-state index in [1.165, 1.54) is 31.9 Å². The standard InChI is InChI=1S/C63H43N5Si/c1-6-21-44(22-7-1)46-37-39-59-55(42-46)53-33-16-18-35-57(53)67(59)62-64-61(65-63(66-62)68-58-36-19-17-34-54(58)56-43-47(38-40-60(56)68)45-23-8-2-9-24-45)48-25-20-32-52(41-48)69(49-26-10-3-11-27-49,50-28-12-4-13-29-50)51-30-14-5-15-31-51/h1-43H. The Labute approximate surface area is 400 Å². The molecular weight excluding hydrogens is 855 g/mol. The lowest BCUT2D eigenvalue weighted by molar-refractivity contribution is 0.893. The smallest absolute Gasteiger partial charge is 0.240 e. The average Bonchev–Trinajstić information content (AvgIpc) is 3.95. The number of hydrogen-bond donors (Lipinski definition) is 0. The van der Waals surface area contributed by atoms with Gasteiger partial charge in [0, 0.05) is 27.1 Å². The van der Waals surface area contributed by atoms with Gasteiger partial charge in [-0.25, -0.2) is 0 Å². The van der Waals surface area contributed by atoms with Crippen molar-refractivity contribution in [3.05, 3.63) is 261 Å². The lowest BCUT2D eigenvalue weighted by Gasteiger charge is -2.34. The molecule has 0 aliphatic rings. The van der Waals surface area contributed by atoms with Crippen molar-refractivity contribution in [3.63, 3.8) is 0 Å². The van der Waals surface area contributed by atoms with Crippen molar-refractivity contribution in [1.82, 2.24) is 24.1 Å². The van der Waals surface area contributed by atoms with Crippen LogP contribution < -0.4 is 20.7 Å². The summed E-state index contributed by atoms with van der Waals surface area (Å²) >= 11 is 0. The lowest BCUT2D eigenvalue weighted by Crippen LogP contribution is -2.74.